The summed E-state index contributed by atoms with van der Waals surface area (Å²) in [4.78, 5) is 4.52. The van der Waals surface area contributed by atoms with Crippen LogP contribution in [-0.4, -0.2) is 18.0 Å². The van der Waals surface area contributed by atoms with Crippen molar-refractivity contribution in [1.29, 1.82) is 0 Å². The lowest BCUT2D eigenvalue weighted by atomic mass is 10.3. The van der Waals surface area contributed by atoms with E-state index in [4.69, 9.17) is 5.14 Å². The van der Waals surface area contributed by atoms with Gasteiger partial charge >= 0.3 is 0 Å². The molecule has 1 aromatic heterocycles. The molecule has 0 spiro atoms. The Morgan fingerprint density at radius 3 is 2.59 bits per heavy atom. The van der Waals surface area contributed by atoms with E-state index in [9.17, 15) is 8.42 Å². The molecule has 2 rings (SSSR count). The van der Waals surface area contributed by atoms with Crippen molar-refractivity contribution < 1.29 is 8.42 Å². The van der Waals surface area contributed by atoms with E-state index in [1.165, 1.54) is 12.1 Å². The third-order valence-corrected chi connectivity index (χ3v) is 3.67. The molecule has 0 radical (unpaired) electrons. The van der Waals surface area contributed by atoms with Gasteiger partial charge in [0.05, 0.1) is 15.9 Å². The number of benzene rings is 1. The number of hydrogen-bond acceptors (Lipinski definition) is 3. The average molecular weight is 253 g/mol. The lowest BCUT2D eigenvalue weighted by Gasteiger charge is -2.03. The fraction of sp³-hybridized carbons (Fsp3) is 0.364. The summed E-state index contributed by atoms with van der Waals surface area (Å²) >= 11 is 0. The Labute approximate surface area is 100 Å². The molecule has 17 heavy (non-hydrogen) atoms. The lowest BCUT2D eigenvalue weighted by Crippen LogP contribution is -2.11. The summed E-state index contributed by atoms with van der Waals surface area (Å²) in [6, 6.07) is 4.80. The minimum Gasteiger partial charge on any atom is -0.328 e. The van der Waals surface area contributed by atoms with E-state index < -0.39 is 10.0 Å². The molecule has 0 aliphatic carbocycles. The summed E-state index contributed by atoms with van der Waals surface area (Å²) in [5.41, 5.74) is 1.62. The van der Waals surface area contributed by atoms with E-state index in [1.54, 1.807) is 6.07 Å². The maximum absolute atomic E-state index is 11.3. The number of fused-ring (bicyclic) bond motifs is 1. The van der Waals surface area contributed by atoms with Crippen LogP contribution in [0, 0.1) is 0 Å². The van der Waals surface area contributed by atoms with Gasteiger partial charge in [0.15, 0.2) is 0 Å². The van der Waals surface area contributed by atoms with Gasteiger partial charge in [-0.15, -0.1) is 0 Å². The summed E-state index contributed by atoms with van der Waals surface area (Å²) in [7, 11) is -3.66. The van der Waals surface area contributed by atoms with Crippen molar-refractivity contribution in [3.63, 3.8) is 0 Å². The number of nitrogens with two attached hydrogens (primary N) is 1. The Morgan fingerprint density at radius 2 is 2.06 bits per heavy atom. The minimum absolute atomic E-state index is 0.105. The van der Waals surface area contributed by atoms with Crippen LogP contribution in [0.4, 0.5) is 0 Å². The van der Waals surface area contributed by atoms with Crippen molar-refractivity contribution in [3.8, 4) is 0 Å². The Kier molecular flexibility index (Phi) is 2.92. The monoisotopic (exact) mass is 253 g/mol. The van der Waals surface area contributed by atoms with Gasteiger partial charge < -0.3 is 4.57 Å². The van der Waals surface area contributed by atoms with Gasteiger partial charge in [-0.2, -0.15) is 0 Å². The molecule has 0 saturated carbocycles. The van der Waals surface area contributed by atoms with Gasteiger partial charge in [0, 0.05) is 13.0 Å². The zero-order valence-corrected chi connectivity index (χ0v) is 10.7. The summed E-state index contributed by atoms with van der Waals surface area (Å²) in [6.07, 6.45) is 0.813. The van der Waals surface area contributed by atoms with Crippen molar-refractivity contribution in [3.05, 3.63) is 24.0 Å². The second kappa shape index (κ2) is 4.12. The molecule has 92 valence electrons. The fourth-order valence-corrected chi connectivity index (χ4v) is 2.49. The Bertz CT molecular complexity index is 659. The molecule has 1 heterocycles. The first-order valence-corrected chi connectivity index (χ1v) is 7.04. The topological polar surface area (TPSA) is 78.0 Å². The summed E-state index contributed by atoms with van der Waals surface area (Å²) < 4.78 is 24.6. The average Bonchev–Trinajstić information content (AvgIpc) is 2.64. The number of aromatic nitrogens is 2. The normalized spacial score (nSPS) is 12.2. The molecular weight excluding hydrogens is 238 g/mol. The van der Waals surface area contributed by atoms with Gasteiger partial charge in [-0.05, 0) is 25.1 Å². The van der Waals surface area contributed by atoms with Crippen LogP contribution in [0.15, 0.2) is 23.1 Å². The van der Waals surface area contributed by atoms with Crippen molar-refractivity contribution >= 4 is 21.1 Å². The predicted molar refractivity (Wildman–Crippen MR) is 66.2 cm³/mol. The first-order valence-electron chi connectivity index (χ1n) is 5.49. The number of aryl methyl sites for hydroxylation is 2. The molecule has 0 saturated heterocycles. The van der Waals surface area contributed by atoms with Crippen LogP contribution in [0.2, 0.25) is 0 Å². The number of sulfonamides is 1. The quantitative estimate of drug-likeness (QED) is 0.894. The zero-order chi connectivity index (χ0) is 12.6. The summed E-state index contributed by atoms with van der Waals surface area (Å²) in [5.74, 6) is 0.953. The number of nitrogens with zero attached hydrogens (tertiary/aromatic N) is 2. The highest BCUT2D eigenvalue weighted by Gasteiger charge is 2.12. The van der Waals surface area contributed by atoms with Gasteiger partial charge in [-0.3, -0.25) is 0 Å². The van der Waals surface area contributed by atoms with Crippen LogP contribution in [0.5, 0.6) is 0 Å². The van der Waals surface area contributed by atoms with Crippen molar-refractivity contribution in [2.24, 2.45) is 5.14 Å². The number of imidazole rings is 1. The first-order chi connectivity index (χ1) is 7.97. The van der Waals surface area contributed by atoms with E-state index in [0.717, 1.165) is 24.3 Å². The van der Waals surface area contributed by atoms with E-state index in [1.807, 2.05) is 13.8 Å². The van der Waals surface area contributed by atoms with Crippen LogP contribution in [0.3, 0.4) is 0 Å². The molecule has 0 atom stereocenters. The number of rotatable bonds is 3. The predicted octanol–water partition coefficient (Wildman–Crippen LogP) is 1.27. The maximum Gasteiger partial charge on any atom is 0.238 e. The van der Waals surface area contributed by atoms with Crippen LogP contribution in [0.1, 0.15) is 19.7 Å². The molecule has 0 aliphatic rings. The first kappa shape index (κ1) is 12.1. The standard InChI is InChI=1S/C11H15N3O2S/c1-3-11-13-9-7-8(17(12,15)16)5-6-10(9)14(11)4-2/h5-7H,3-4H2,1-2H3,(H2,12,15,16). The second-order valence-electron chi connectivity index (χ2n) is 3.82. The van der Waals surface area contributed by atoms with Gasteiger partial charge in [-0.25, -0.2) is 18.5 Å². The van der Waals surface area contributed by atoms with Crippen molar-refractivity contribution in [2.75, 3.05) is 0 Å². The van der Waals surface area contributed by atoms with E-state index >= 15 is 0 Å². The van der Waals surface area contributed by atoms with Gasteiger partial charge in [-0.1, -0.05) is 6.92 Å². The lowest BCUT2D eigenvalue weighted by molar-refractivity contribution is 0.598. The Balaban J connectivity index is 2.72. The van der Waals surface area contributed by atoms with Crippen LogP contribution in [0.25, 0.3) is 11.0 Å². The molecule has 0 bridgehead atoms. The largest absolute Gasteiger partial charge is 0.328 e. The van der Waals surface area contributed by atoms with Gasteiger partial charge in [0.1, 0.15) is 5.82 Å². The SMILES string of the molecule is CCc1nc2cc(S(N)(=O)=O)ccc2n1CC. The molecule has 0 aliphatic heterocycles. The van der Waals surface area contributed by atoms with Crippen LogP contribution < -0.4 is 5.14 Å². The van der Waals surface area contributed by atoms with Crippen molar-refractivity contribution in [2.45, 2.75) is 31.7 Å². The zero-order valence-electron chi connectivity index (χ0n) is 9.84. The van der Waals surface area contributed by atoms with Crippen molar-refractivity contribution in [1.82, 2.24) is 9.55 Å². The third kappa shape index (κ3) is 2.05. The molecular formula is C11H15N3O2S. The minimum atomic E-state index is -3.66. The van der Waals surface area contributed by atoms with E-state index in [0.29, 0.717) is 5.52 Å². The van der Waals surface area contributed by atoms with Crippen LogP contribution in [-0.2, 0) is 23.0 Å². The Morgan fingerprint density at radius 1 is 1.35 bits per heavy atom. The summed E-state index contributed by atoms with van der Waals surface area (Å²) in [5, 5.41) is 5.10. The summed E-state index contributed by atoms with van der Waals surface area (Å²) in [6.45, 7) is 4.87. The molecule has 0 amide bonds. The maximum atomic E-state index is 11.3. The highest BCUT2D eigenvalue weighted by molar-refractivity contribution is 7.89. The molecule has 0 fully saturated rings. The van der Waals surface area contributed by atoms with Crippen LogP contribution >= 0.6 is 0 Å². The number of primary sulfonamides is 1. The molecule has 1 aromatic carbocycles. The Hall–Kier alpha value is -1.40. The second-order valence-corrected chi connectivity index (χ2v) is 5.38. The molecule has 5 nitrogen and oxygen atoms in total. The van der Waals surface area contributed by atoms with E-state index in [-0.39, 0.29) is 4.90 Å². The van der Waals surface area contributed by atoms with Gasteiger partial charge in [0.25, 0.3) is 0 Å². The third-order valence-electron chi connectivity index (χ3n) is 2.76. The molecule has 2 N–H and O–H groups in total. The molecule has 0 unspecified atom stereocenters. The highest BCUT2D eigenvalue weighted by Crippen LogP contribution is 2.20. The molecule has 2 aromatic rings. The van der Waals surface area contributed by atoms with E-state index in [2.05, 4.69) is 9.55 Å². The van der Waals surface area contributed by atoms with Gasteiger partial charge in [0.2, 0.25) is 10.0 Å². The smallest absolute Gasteiger partial charge is 0.238 e. The number of hydrogen-bond donors (Lipinski definition) is 1. The molecule has 6 heteroatoms. The highest BCUT2D eigenvalue weighted by atomic mass is 32.2. The fourth-order valence-electron chi connectivity index (χ4n) is 1.96.